The van der Waals surface area contributed by atoms with Gasteiger partial charge in [0.2, 0.25) is 0 Å². The topological polar surface area (TPSA) is 68.9 Å². The lowest BCUT2D eigenvalue weighted by Crippen LogP contribution is -2.23. The largest absolute Gasteiger partial charge is 0.493 e. The normalized spacial score (nSPS) is 10.4. The van der Waals surface area contributed by atoms with Crippen molar-refractivity contribution in [3.8, 4) is 11.5 Å². The third-order valence-electron chi connectivity index (χ3n) is 2.81. The average molecular weight is 315 g/mol. The molecule has 0 aliphatic carbocycles. The van der Waals surface area contributed by atoms with Crippen molar-refractivity contribution in [3.63, 3.8) is 0 Å². The smallest absolute Gasteiger partial charge is 0.184 e. The summed E-state index contributed by atoms with van der Waals surface area (Å²) in [5.74, 6) is 1.31. The summed E-state index contributed by atoms with van der Waals surface area (Å²) >= 11 is 4.68. The molecule has 5 nitrogen and oxygen atoms in total. The van der Waals surface area contributed by atoms with Crippen LogP contribution in [0.25, 0.3) is 0 Å². The standard InChI is InChI=1S/C16H17N3O2S/c1-20-14-8-7-13(10-18-19-16(17)22)9-15(14)21-11-12-5-3-2-4-6-12/h2-10H,11H2,1H3,(H3,17,19,22)/b18-10-. The molecule has 6 heteroatoms. The Morgan fingerprint density at radius 2 is 2.00 bits per heavy atom. The van der Waals surface area contributed by atoms with Crippen molar-refractivity contribution in [1.82, 2.24) is 5.43 Å². The van der Waals surface area contributed by atoms with Crippen LogP contribution in [-0.2, 0) is 6.61 Å². The Morgan fingerprint density at radius 3 is 2.68 bits per heavy atom. The van der Waals surface area contributed by atoms with Gasteiger partial charge >= 0.3 is 0 Å². The van der Waals surface area contributed by atoms with Gasteiger partial charge in [0.05, 0.1) is 13.3 Å². The number of thiocarbonyl (C=S) groups is 1. The number of nitrogens with one attached hydrogen (secondary N) is 1. The summed E-state index contributed by atoms with van der Waals surface area (Å²) in [5.41, 5.74) is 9.74. The Morgan fingerprint density at radius 1 is 1.23 bits per heavy atom. The van der Waals surface area contributed by atoms with Crippen molar-refractivity contribution in [2.75, 3.05) is 7.11 Å². The predicted molar refractivity (Wildman–Crippen MR) is 91.3 cm³/mol. The maximum Gasteiger partial charge on any atom is 0.184 e. The summed E-state index contributed by atoms with van der Waals surface area (Å²) < 4.78 is 11.1. The average Bonchev–Trinajstić information content (AvgIpc) is 2.54. The van der Waals surface area contributed by atoms with E-state index in [1.165, 1.54) is 0 Å². The molecular weight excluding hydrogens is 298 g/mol. The number of methoxy groups -OCH3 is 1. The Labute approximate surface area is 134 Å². The van der Waals surface area contributed by atoms with Gasteiger partial charge in [-0.05, 0) is 41.5 Å². The molecule has 3 N–H and O–H groups in total. The number of ether oxygens (including phenoxy) is 2. The summed E-state index contributed by atoms with van der Waals surface area (Å²) in [4.78, 5) is 0. The molecule has 0 spiro atoms. The summed E-state index contributed by atoms with van der Waals surface area (Å²) in [6.45, 7) is 0.461. The molecule has 0 radical (unpaired) electrons. The van der Waals surface area contributed by atoms with E-state index in [0.29, 0.717) is 18.1 Å². The lowest BCUT2D eigenvalue weighted by Gasteiger charge is -2.11. The lowest BCUT2D eigenvalue weighted by molar-refractivity contribution is 0.284. The van der Waals surface area contributed by atoms with Crippen molar-refractivity contribution in [3.05, 3.63) is 59.7 Å². The number of benzene rings is 2. The van der Waals surface area contributed by atoms with Crippen molar-refractivity contribution in [2.45, 2.75) is 6.61 Å². The van der Waals surface area contributed by atoms with Gasteiger partial charge in [-0.2, -0.15) is 5.10 Å². The van der Waals surface area contributed by atoms with Crippen LogP contribution < -0.4 is 20.6 Å². The molecule has 2 rings (SSSR count). The van der Waals surface area contributed by atoms with Gasteiger partial charge in [0, 0.05) is 0 Å². The highest BCUT2D eigenvalue weighted by Gasteiger charge is 2.05. The molecule has 0 bridgehead atoms. The van der Waals surface area contributed by atoms with Crippen molar-refractivity contribution < 1.29 is 9.47 Å². The quantitative estimate of drug-likeness (QED) is 0.487. The molecule has 0 fully saturated rings. The first-order valence-electron chi connectivity index (χ1n) is 6.62. The fourth-order valence-electron chi connectivity index (χ4n) is 1.79. The summed E-state index contributed by atoms with van der Waals surface area (Å²) in [5, 5.41) is 4.03. The van der Waals surface area contributed by atoms with Crippen LogP contribution in [0.5, 0.6) is 11.5 Å². The van der Waals surface area contributed by atoms with Gasteiger partial charge in [0.1, 0.15) is 6.61 Å². The molecule has 0 unspecified atom stereocenters. The Bertz CT molecular complexity index is 660. The number of nitrogens with two attached hydrogens (primary N) is 1. The zero-order valence-corrected chi connectivity index (χ0v) is 13.0. The first-order valence-corrected chi connectivity index (χ1v) is 7.03. The molecule has 0 heterocycles. The predicted octanol–water partition coefficient (Wildman–Crippen LogP) is 2.44. The molecule has 22 heavy (non-hydrogen) atoms. The molecule has 114 valence electrons. The monoisotopic (exact) mass is 315 g/mol. The van der Waals surface area contributed by atoms with E-state index in [1.54, 1.807) is 13.3 Å². The van der Waals surface area contributed by atoms with Crippen LogP contribution in [0.2, 0.25) is 0 Å². The second-order valence-corrected chi connectivity index (χ2v) is 4.86. The van der Waals surface area contributed by atoms with Crippen LogP contribution in [0, 0.1) is 0 Å². The fourth-order valence-corrected chi connectivity index (χ4v) is 1.84. The maximum atomic E-state index is 5.82. The van der Waals surface area contributed by atoms with Gasteiger partial charge in [-0.25, -0.2) is 0 Å². The molecular formula is C16H17N3O2S. The minimum Gasteiger partial charge on any atom is -0.493 e. The first-order chi connectivity index (χ1) is 10.7. The van der Waals surface area contributed by atoms with Crippen molar-refractivity contribution in [1.29, 1.82) is 0 Å². The van der Waals surface area contributed by atoms with Gasteiger partial charge < -0.3 is 15.2 Å². The summed E-state index contributed by atoms with van der Waals surface area (Å²) in [7, 11) is 1.60. The Hall–Kier alpha value is -2.60. The number of hydrogen-bond acceptors (Lipinski definition) is 4. The first kappa shape index (κ1) is 15.8. The highest BCUT2D eigenvalue weighted by atomic mass is 32.1. The molecule has 0 saturated carbocycles. The van der Waals surface area contributed by atoms with E-state index in [-0.39, 0.29) is 5.11 Å². The summed E-state index contributed by atoms with van der Waals surface area (Å²) in [6.07, 6.45) is 1.61. The van der Waals surface area contributed by atoms with Crippen LogP contribution in [0.3, 0.4) is 0 Å². The lowest BCUT2D eigenvalue weighted by atomic mass is 10.2. The van der Waals surface area contributed by atoms with Crippen molar-refractivity contribution >= 4 is 23.5 Å². The van der Waals surface area contributed by atoms with Crippen LogP contribution >= 0.6 is 12.2 Å². The minimum absolute atomic E-state index is 0.116. The van der Waals surface area contributed by atoms with Gasteiger partial charge in [-0.15, -0.1) is 0 Å². The number of hydrazone groups is 1. The zero-order chi connectivity index (χ0) is 15.8. The SMILES string of the molecule is COc1ccc(/C=N\NC(N)=S)cc1OCc1ccccc1. The molecule has 2 aromatic carbocycles. The van der Waals surface area contributed by atoms with E-state index in [1.807, 2.05) is 48.5 Å². The number of nitrogens with zero attached hydrogens (tertiary/aromatic N) is 1. The third-order valence-corrected chi connectivity index (χ3v) is 2.90. The Kier molecular flexibility index (Phi) is 5.73. The van der Waals surface area contributed by atoms with Gasteiger partial charge in [0.15, 0.2) is 16.6 Å². The maximum absolute atomic E-state index is 5.82. The van der Waals surface area contributed by atoms with Crippen LogP contribution in [0.15, 0.2) is 53.6 Å². The third kappa shape index (κ3) is 4.75. The van der Waals surface area contributed by atoms with Crippen LogP contribution in [0.4, 0.5) is 0 Å². The van der Waals surface area contributed by atoms with Crippen LogP contribution in [0.1, 0.15) is 11.1 Å². The highest BCUT2D eigenvalue weighted by Crippen LogP contribution is 2.28. The molecule has 0 aliphatic heterocycles. The molecule has 0 aromatic heterocycles. The van der Waals surface area contributed by atoms with E-state index in [2.05, 4.69) is 22.7 Å². The Balaban J connectivity index is 2.10. The van der Waals surface area contributed by atoms with E-state index >= 15 is 0 Å². The van der Waals surface area contributed by atoms with Crippen LogP contribution in [-0.4, -0.2) is 18.4 Å². The number of hydrogen-bond donors (Lipinski definition) is 2. The zero-order valence-electron chi connectivity index (χ0n) is 12.2. The second kappa shape index (κ2) is 7.99. The van der Waals surface area contributed by atoms with Gasteiger partial charge in [0.25, 0.3) is 0 Å². The molecule has 0 aliphatic rings. The molecule has 0 atom stereocenters. The van der Waals surface area contributed by atoms with Gasteiger partial charge in [-0.3, -0.25) is 5.43 Å². The van der Waals surface area contributed by atoms with Gasteiger partial charge in [-0.1, -0.05) is 30.3 Å². The van der Waals surface area contributed by atoms with E-state index in [9.17, 15) is 0 Å². The summed E-state index contributed by atoms with van der Waals surface area (Å²) in [6, 6.07) is 15.4. The molecule has 0 saturated heterocycles. The second-order valence-electron chi connectivity index (χ2n) is 4.42. The van der Waals surface area contributed by atoms with E-state index in [0.717, 1.165) is 11.1 Å². The molecule has 2 aromatic rings. The number of rotatable bonds is 6. The molecule has 0 amide bonds. The van der Waals surface area contributed by atoms with E-state index < -0.39 is 0 Å². The highest BCUT2D eigenvalue weighted by molar-refractivity contribution is 7.80. The fraction of sp³-hybridized carbons (Fsp3) is 0.125. The van der Waals surface area contributed by atoms with Crippen molar-refractivity contribution in [2.24, 2.45) is 10.8 Å². The van der Waals surface area contributed by atoms with E-state index in [4.69, 9.17) is 15.2 Å². The minimum atomic E-state index is 0.116.